The predicted octanol–water partition coefficient (Wildman–Crippen LogP) is 3.96. The van der Waals surface area contributed by atoms with Gasteiger partial charge < -0.3 is 34.6 Å². The second-order valence-corrected chi connectivity index (χ2v) is 15.2. The molecule has 6 rings (SSSR count). The van der Waals surface area contributed by atoms with Crippen LogP contribution < -0.4 is 10.2 Å². The van der Waals surface area contributed by atoms with E-state index in [1.807, 2.05) is 30.0 Å². The highest BCUT2D eigenvalue weighted by Gasteiger charge is 2.53. The van der Waals surface area contributed by atoms with E-state index in [9.17, 15) is 15.2 Å². The molecule has 1 unspecified atom stereocenters. The summed E-state index contributed by atoms with van der Waals surface area (Å²) in [5.74, 6) is -0.408. The van der Waals surface area contributed by atoms with Crippen LogP contribution in [-0.4, -0.2) is 124 Å². The number of carbonyl (C=O) groups is 1. The Kier molecular flexibility index (Phi) is 11.3. The number of nitrogens with zero attached hydrogens (tertiary/aromatic N) is 5. The topological polar surface area (TPSA) is 105 Å². The average molecular weight is 695 g/mol. The van der Waals surface area contributed by atoms with Crippen molar-refractivity contribution < 1.29 is 28.2 Å². The molecule has 0 aromatic heterocycles. The maximum absolute atomic E-state index is 15.1. The van der Waals surface area contributed by atoms with Crippen LogP contribution in [0.2, 0.25) is 0 Å². The molecule has 4 aliphatic rings. The van der Waals surface area contributed by atoms with Gasteiger partial charge in [-0.1, -0.05) is 18.6 Å². The summed E-state index contributed by atoms with van der Waals surface area (Å²) in [7, 11) is 5.21. The molecule has 4 fully saturated rings. The highest BCUT2D eigenvalue weighted by molar-refractivity contribution is 5.67. The molecule has 3 heterocycles. The van der Waals surface area contributed by atoms with E-state index < -0.39 is 22.9 Å². The first kappa shape index (κ1) is 36.5. The Morgan fingerprint density at radius 1 is 1.10 bits per heavy atom. The predicted molar refractivity (Wildman–Crippen MR) is 187 cm³/mol. The van der Waals surface area contributed by atoms with Gasteiger partial charge in [0.15, 0.2) is 0 Å². The zero-order valence-corrected chi connectivity index (χ0v) is 29.7. The Morgan fingerprint density at radius 2 is 1.84 bits per heavy atom. The number of halogens is 2. The molecule has 0 spiro atoms. The van der Waals surface area contributed by atoms with Gasteiger partial charge in [-0.05, 0) is 100 Å². The number of rotatable bonds is 11. The number of aliphatic hydroxyl groups is 1. The van der Waals surface area contributed by atoms with Crippen LogP contribution in [0.15, 0.2) is 36.4 Å². The van der Waals surface area contributed by atoms with Gasteiger partial charge in [0, 0.05) is 57.3 Å². The number of anilines is 1. The van der Waals surface area contributed by atoms with E-state index in [2.05, 4.69) is 27.3 Å². The number of ether oxygens (including phenoxy) is 2. The average Bonchev–Trinajstić information content (AvgIpc) is 3.55. The summed E-state index contributed by atoms with van der Waals surface area (Å²) < 4.78 is 40.9. The van der Waals surface area contributed by atoms with Crippen molar-refractivity contribution in [3.8, 4) is 6.07 Å². The van der Waals surface area contributed by atoms with Crippen molar-refractivity contribution in [2.75, 3.05) is 91.7 Å². The number of likely N-dealkylation sites (tertiary alicyclic amines) is 1. The molecule has 2 aromatic carbocycles. The standard InChI is InChI=1S/C38H52F2N6O4/c1-43(2)22-28-19-35(33(40)18-27(28)21-41)46-24-37(48,25-46)23-44-12-10-29(11-13-44)38(26-45-14-16-50-17-15-45,30-6-4-7-31(39)20-30)32-8-5-9-34(32)42-36(47)49-3/h4,6-7,18-20,29,32,34,48H,5,8-17,22-26H2,1-3H3,(H,42,47)/t32-,34-,38?/m0/s1. The van der Waals surface area contributed by atoms with E-state index >= 15 is 8.78 Å². The first-order valence-electron chi connectivity index (χ1n) is 18.0. The molecule has 3 aliphatic heterocycles. The Bertz CT molecular complexity index is 1530. The Morgan fingerprint density at radius 3 is 2.50 bits per heavy atom. The van der Waals surface area contributed by atoms with Gasteiger partial charge in [0.05, 0.1) is 37.6 Å². The van der Waals surface area contributed by atoms with Crippen molar-refractivity contribution in [3.05, 3.63) is 64.7 Å². The molecule has 0 bridgehead atoms. The van der Waals surface area contributed by atoms with Crippen LogP contribution in [0.5, 0.6) is 0 Å². The van der Waals surface area contributed by atoms with E-state index in [1.165, 1.54) is 19.2 Å². The number of morpholine rings is 1. The van der Waals surface area contributed by atoms with Gasteiger partial charge in [0.2, 0.25) is 0 Å². The van der Waals surface area contributed by atoms with Crippen molar-refractivity contribution in [1.29, 1.82) is 5.26 Å². The summed E-state index contributed by atoms with van der Waals surface area (Å²) in [6, 6.07) is 12.1. The third-order valence-electron chi connectivity index (χ3n) is 11.5. The van der Waals surface area contributed by atoms with Gasteiger partial charge in [-0.25, -0.2) is 13.6 Å². The van der Waals surface area contributed by atoms with E-state index in [1.54, 1.807) is 12.1 Å². The van der Waals surface area contributed by atoms with Gasteiger partial charge in [0.1, 0.15) is 17.2 Å². The lowest BCUT2D eigenvalue weighted by Gasteiger charge is -2.54. The van der Waals surface area contributed by atoms with Crippen LogP contribution in [0.4, 0.5) is 19.3 Å². The molecular weight excluding hydrogens is 642 g/mol. The number of hydrogen-bond acceptors (Lipinski definition) is 9. The van der Waals surface area contributed by atoms with E-state index in [-0.39, 0.29) is 23.7 Å². The molecule has 1 amide bonds. The molecule has 10 nitrogen and oxygen atoms in total. The van der Waals surface area contributed by atoms with Gasteiger partial charge >= 0.3 is 6.09 Å². The second kappa shape index (κ2) is 15.5. The first-order chi connectivity index (χ1) is 24.0. The third kappa shape index (κ3) is 7.77. The number of carbonyl (C=O) groups excluding carboxylic acids is 1. The number of nitriles is 1. The molecule has 272 valence electrons. The van der Waals surface area contributed by atoms with Gasteiger partial charge in [-0.2, -0.15) is 5.26 Å². The summed E-state index contributed by atoms with van der Waals surface area (Å²) in [4.78, 5) is 21.1. The highest BCUT2D eigenvalue weighted by atomic mass is 19.1. The van der Waals surface area contributed by atoms with E-state index in [0.717, 1.165) is 76.0 Å². The lowest BCUT2D eigenvalue weighted by Crippen LogP contribution is -2.67. The fourth-order valence-corrected chi connectivity index (χ4v) is 9.34. The maximum atomic E-state index is 15.1. The number of benzene rings is 2. The molecule has 3 saturated heterocycles. The van der Waals surface area contributed by atoms with Crippen molar-refractivity contribution >= 4 is 11.8 Å². The zero-order chi connectivity index (χ0) is 35.5. The normalized spacial score (nSPS) is 24.4. The fourth-order valence-electron chi connectivity index (χ4n) is 9.34. The van der Waals surface area contributed by atoms with Crippen LogP contribution in [0.1, 0.15) is 48.8 Å². The Labute approximate surface area is 294 Å². The quantitative estimate of drug-likeness (QED) is 0.362. The van der Waals surface area contributed by atoms with Crippen molar-refractivity contribution in [2.24, 2.45) is 11.8 Å². The Hall–Kier alpha value is -3.34. The van der Waals surface area contributed by atoms with Crippen LogP contribution >= 0.6 is 0 Å². The van der Waals surface area contributed by atoms with Crippen LogP contribution in [0.3, 0.4) is 0 Å². The number of amides is 1. The van der Waals surface area contributed by atoms with Crippen molar-refractivity contribution in [3.63, 3.8) is 0 Å². The highest BCUT2D eigenvalue weighted by Crippen LogP contribution is 2.51. The number of piperidine rings is 1. The largest absolute Gasteiger partial charge is 0.453 e. The molecule has 50 heavy (non-hydrogen) atoms. The fraction of sp³-hybridized carbons (Fsp3) is 0.632. The zero-order valence-electron chi connectivity index (χ0n) is 29.7. The summed E-state index contributed by atoms with van der Waals surface area (Å²) >= 11 is 0. The number of nitrogens with one attached hydrogen (secondary N) is 1. The number of alkyl carbamates (subject to hydrolysis) is 1. The van der Waals surface area contributed by atoms with Crippen molar-refractivity contribution in [1.82, 2.24) is 20.0 Å². The third-order valence-corrected chi connectivity index (χ3v) is 11.5. The molecule has 2 aromatic rings. The first-order valence-corrected chi connectivity index (χ1v) is 18.0. The molecule has 2 N–H and O–H groups in total. The molecule has 0 radical (unpaired) electrons. The van der Waals surface area contributed by atoms with Gasteiger partial charge in [-0.15, -0.1) is 0 Å². The second-order valence-electron chi connectivity index (χ2n) is 15.2. The molecule has 3 atom stereocenters. The number of hydrogen-bond donors (Lipinski definition) is 2. The van der Waals surface area contributed by atoms with Crippen LogP contribution in [0.25, 0.3) is 0 Å². The smallest absolute Gasteiger partial charge is 0.407 e. The van der Waals surface area contributed by atoms with Gasteiger partial charge in [-0.3, -0.25) is 4.90 Å². The molecule has 12 heteroatoms. The maximum Gasteiger partial charge on any atom is 0.407 e. The van der Waals surface area contributed by atoms with Crippen LogP contribution in [0, 0.1) is 34.8 Å². The summed E-state index contributed by atoms with van der Waals surface area (Å²) in [6.07, 6.45) is 4.03. The summed E-state index contributed by atoms with van der Waals surface area (Å²) in [5.41, 5.74) is 1.08. The summed E-state index contributed by atoms with van der Waals surface area (Å²) in [6.45, 7) is 6.83. The monoisotopic (exact) mass is 694 g/mol. The summed E-state index contributed by atoms with van der Waals surface area (Å²) in [5, 5.41) is 24.3. The number of methoxy groups -OCH3 is 1. The van der Waals surface area contributed by atoms with Gasteiger partial charge in [0.25, 0.3) is 0 Å². The van der Waals surface area contributed by atoms with Crippen molar-refractivity contribution in [2.45, 2.75) is 55.7 Å². The van der Waals surface area contributed by atoms with Crippen LogP contribution in [-0.2, 0) is 21.4 Å². The van der Waals surface area contributed by atoms with E-state index in [0.29, 0.717) is 50.6 Å². The lowest BCUT2D eigenvalue weighted by molar-refractivity contribution is -0.0387. The minimum Gasteiger partial charge on any atom is -0.453 e. The molecule has 1 saturated carbocycles. The SMILES string of the molecule is COC(=O)N[C@H]1CCC[C@@H]1C(CN1CCOCC1)(c1cccc(F)c1)C1CCN(CC2(O)CN(c3cc(CN(C)C)c(C#N)cc3F)C2)CC1. The molecular formula is C38H52F2N6O4. The minimum absolute atomic E-state index is 0.0897. The molecule has 1 aliphatic carbocycles. The number of β-amino-alcohol motifs (C(OH)–C–C–N with tert-alkyl or cyclic N) is 1. The van der Waals surface area contributed by atoms with E-state index in [4.69, 9.17) is 9.47 Å². The minimum atomic E-state index is -0.983. The lowest BCUT2D eigenvalue weighted by atomic mass is 9.58. The Balaban J connectivity index is 1.20.